The van der Waals surface area contributed by atoms with Gasteiger partial charge in [0.15, 0.2) is 0 Å². The molecule has 116 valence electrons. The lowest BCUT2D eigenvalue weighted by molar-refractivity contribution is 0.161. The molecule has 0 saturated carbocycles. The van der Waals surface area contributed by atoms with E-state index in [1.807, 2.05) is 6.08 Å². The third-order valence-corrected chi connectivity index (χ3v) is 5.38. The maximum absolute atomic E-state index is 4.30. The molecule has 23 heavy (non-hydrogen) atoms. The summed E-state index contributed by atoms with van der Waals surface area (Å²) in [6.45, 7) is 9.24. The van der Waals surface area contributed by atoms with E-state index in [1.165, 1.54) is 27.8 Å². The van der Waals surface area contributed by atoms with E-state index in [-0.39, 0.29) is 0 Å². The highest BCUT2D eigenvalue weighted by atomic mass is 15.2. The fraction of sp³-hybridized carbons (Fsp3) is 0.273. The van der Waals surface area contributed by atoms with Gasteiger partial charge >= 0.3 is 0 Å². The van der Waals surface area contributed by atoms with Crippen LogP contribution in [0.2, 0.25) is 0 Å². The molecule has 0 aliphatic heterocycles. The third kappa shape index (κ3) is 2.46. The Balaban J connectivity index is 1.66. The zero-order valence-electron chi connectivity index (χ0n) is 13.5. The predicted molar refractivity (Wildman–Crippen MR) is 97.4 cm³/mol. The van der Waals surface area contributed by atoms with Crippen molar-refractivity contribution in [2.75, 3.05) is 6.54 Å². The van der Waals surface area contributed by atoms with Crippen LogP contribution < -0.4 is 0 Å². The summed E-state index contributed by atoms with van der Waals surface area (Å²) < 4.78 is 0. The van der Waals surface area contributed by atoms with E-state index in [0.717, 1.165) is 25.8 Å². The molecule has 0 N–H and O–H groups in total. The Bertz CT molecular complexity index is 733. The molecule has 1 unspecified atom stereocenters. The molecule has 0 fully saturated rings. The number of benzene rings is 2. The molecule has 2 aromatic carbocycles. The number of fused-ring (bicyclic) bond motifs is 2. The van der Waals surface area contributed by atoms with Crippen molar-refractivity contribution in [2.45, 2.75) is 31.3 Å². The van der Waals surface area contributed by atoms with Gasteiger partial charge in [-0.25, -0.2) is 0 Å². The van der Waals surface area contributed by atoms with E-state index in [4.69, 9.17) is 0 Å². The molecular weight excluding hydrogens is 278 g/mol. The van der Waals surface area contributed by atoms with Crippen LogP contribution in [0.15, 0.2) is 67.8 Å². The summed E-state index contributed by atoms with van der Waals surface area (Å²) >= 11 is 0. The molecule has 0 aromatic heterocycles. The largest absolute Gasteiger partial charge is 0.289 e. The van der Waals surface area contributed by atoms with Crippen LogP contribution in [0.4, 0.5) is 0 Å². The lowest BCUT2D eigenvalue weighted by Crippen LogP contribution is -2.38. The highest BCUT2D eigenvalue weighted by Gasteiger charge is 2.35. The van der Waals surface area contributed by atoms with Gasteiger partial charge in [-0.05, 0) is 47.1 Å². The SMILES string of the molecule is C=CCN(C1Cc2ccccc2C1)C1CC(=C)c2ccccc21. The average molecular weight is 301 g/mol. The van der Waals surface area contributed by atoms with Crippen LogP contribution in [-0.2, 0) is 12.8 Å². The summed E-state index contributed by atoms with van der Waals surface area (Å²) in [7, 11) is 0. The van der Waals surface area contributed by atoms with Gasteiger partial charge in [-0.2, -0.15) is 0 Å². The second-order valence-electron chi connectivity index (χ2n) is 6.73. The van der Waals surface area contributed by atoms with E-state index in [0.29, 0.717) is 12.1 Å². The summed E-state index contributed by atoms with van der Waals surface area (Å²) in [6, 6.07) is 18.6. The Morgan fingerprint density at radius 2 is 1.61 bits per heavy atom. The smallest absolute Gasteiger partial charge is 0.0400 e. The van der Waals surface area contributed by atoms with Crippen molar-refractivity contribution < 1.29 is 0 Å². The average Bonchev–Trinajstić information content (AvgIpc) is 3.14. The number of hydrogen-bond acceptors (Lipinski definition) is 1. The van der Waals surface area contributed by atoms with Crippen LogP contribution in [-0.4, -0.2) is 17.5 Å². The first-order valence-electron chi connectivity index (χ1n) is 8.48. The monoisotopic (exact) mass is 301 g/mol. The van der Waals surface area contributed by atoms with E-state index >= 15 is 0 Å². The Morgan fingerprint density at radius 3 is 2.30 bits per heavy atom. The summed E-state index contributed by atoms with van der Waals surface area (Å²) in [6.07, 6.45) is 5.39. The fourth-order valence-electron chi connectivity index (χ4n) is 4.31. The fourth-order valence-corrected chi connectivity index (χ4v) is 4.31. The minimum Gasteiger partial charge on any atom is -0.289 e. The first-order valence-corrected chi connectivity index (χ1v) is 8.48. The van der Waals surface area contributed by atoms with E-state index in [1.54, 1.807) is 0 Å². The molecule has 2 aliphatic carbocycles. The molecule has 1 nitrogen and oxygen atoms in total. The van der Waals surface area contributed by atoms with E-state index in [2.05, 4.69) is 66.6 Å². The second kappa shape index (κ2) is 5.82. The molecule has 0 amide bonds. The van der Waals surface area contributed by atoms with E-state index in [9.17, 15) is 0 Å². The van der Waals surface area contributed by atoms with Crippen LogP contribution in [0.1, 0.15) is 34.7 Å². The van der Waals surface area contributed by atoms with Gasteiger partial charge in [0.1, 0.15) is 0 Å². The zero-order valence-corrected chi connectivity index (χ0v) is 13.5. The normalized spacial score (nSPS) is 19.9. The Morgan fingerprint density at radius 1 is 0.957 bits per heavy atom. The molecule has 1 heteroatoms. The number of nitrogens with zero attached hydrogens (tertiary/aromatic N) is 1. The molecule has 0 radical (unpaired) electrons. The first kappa shape index (κ1) is 14.5. The molecule has 2 aliphatic rings. The Hall–Kier alpha value is -2.12. The highest BCUT2D eigenvalue weighted by Crippen LogP contribution is 2.44. The van der Waals surface area contributed by atoms with Gasteiger partial charge < -0.3 is 0 Å². The summed E-state index contributed by atoms with van der Waals surface area (Å²) in [5.41, 5.74) is 7.08. The summed E-state index contributed by atoms with van der Waals surface area (Å²) in [5.74, 6) is 0. The predicted octanol–water partition coefficient (Wildman–Crippen LogP) is 4.80. The quantitative estimate of drug-likeness (QED) is 0.733. The maximum Gasteiger partial charge on any atom is 0.0400 e. The second-order valence-corrected chi connectivity index (χ2v) is 6.73. The molecule has 4 rings (SSSR count). The number of hydrogen-bond donors (Lipinski definition) is 0. The van der Waals surface area contributed by atoms with Gasteiger partial charge in [-0.3, -0.25) is 4.90 Å². The number of rotatable bonds is 4. The zero-order chi connectivity index (χ0) is 15.8. The van der Waals surface area contributed by atoms with Crippen LogP contribution in [0.3, 0.4) is 0 Å². The lowest BCUT2D eigenvalue weighted by Gasteiger charge is -2.34. The molecule has 0 heterocycles. The molecule has 1 atom stereocenters. The van der Waals surface area contributed by atoms with Gasteiger partial charge in [0, 0.05) is 18.6 Å². The molecule has 0 saturated heterocycles. The van der Waals surface area contributed by atoms with Crippen LogP contribution in [0, 0.1) is 0 Å². The third-order valence-electron chi connectivity index (χ3n) is 5.38. The molecule has 2 aromatic rings. The highest BCUT2D eigenvalue weighted by molar-refractivity contribution is 5.72. The van der Waals surface area contributed by atoms with Crippen molar-refractivity contribution >= 4 is 5.57 Å². The minimum atomic E-state index is 0.441. The van der Waals surface area contributed by atoms with Crippen LogP contribution in [0.5, 0.6) is 0 Å². The van der Waals surface area contributed by atoms with Crippen molar-refractivity contribution in [2.24, 2.45) is 0 Å². The van der Waals surface area contributed by atoms with Crippen molar-refractivity contribution in [3.8, 4) is 0 Å². The van der Waals surface area contributed by atoms with Gasteiger partial charge in [0.05, 0.1) is 0 Å². The Labute approximate surface area is 139 Å². The van der Waals surface area contributed by atoms with Crippen molar-refractivity contribution in [1.82, 2.24) is 4.90 Å². The van der Waals surface area contributed by atoms with Crippen molar-refractivity contribution in [1.29, 1.82) is 0 Å². The van der Waals surface area contributed by atoms with E-state index < -0.39 is 0 Å². The molecule has 0 spiro atoms. The molecular formula is C22H23N. The van der Waals surface area contributed by atoms with Crippen LogP contribution in [0.25, 0.3) is 5.57 Å². The standard InChI is InChI=1S/C22H23N/c1-3-12-23(19-14-17-8-4-5-9-18(17)15-19)22-13-16(2)20-10-6-7-11-21(20)22/h3-11,19,22H,1-2,12-15H2. The van der Waals surface area contributed by atoms with Crippen LogP contribution >= 0.6 is 0 Å². The van der Waals surface area contributed by atoms with Gasteiger partial charge in [0.2, 0.25) is 0 Å². The first-order chi connectivity index (χ1) is 11.3. The van der Waals surface area contributed by atoms with Crippen molar-refractivity contribution in [3.05, 3.63) is 90.0 Å². The van der Waals surface area contributed by atoms with Gasteiger partial charge in [-0.1, -0.05) is 61.2 Å². The lowest BCUT2D eigenvalue weighted by atomic mass is 10.0. The van der Waals surface area contributed by atoms with Gasteiger partial charge in [0.25, 0.3) is 0 Å². The maximum atomic E-state index is 4.30. The van der Waals surface area contributed by atoms with Gasteiger partial charge in [-0.15, -0.1) is 6.58 Å². The summed E-state index contributed by atoms with van der Waals surface area (Å²) in [5, 5.41) is 0. The van der Waals surface area contributed by atoms with Crippen molar-refractivity contribution in [3.63, 3.8) is 0 Å². The Kier molecular flexibility index (Phi) is 3.66. The topological polar surface area (TPSA) is 3.24 Å². The summed E-state index contributed by atoms with van der Waals surface area (Å²) in [4.78, 5) is 2.64. The minimum absolute atomic E-state index is 0.441. The molecule has 0 bridgehead atoms.